The average Bonchev–Trinajstić information content (AvgIpc) is 2.71. The zero-order valence-electron chi connectivity index (χ0n) is 9.45. The molecule has 1 heterocycles. The Morgan fingerprint density at radius 1 is 1.61 bits per heavy atom. The molecule has 1 aromatic heterocycles. The number of nitrogens with two attached hydrogens (primary N) is 1. The largest absolute Gasteiger partial charge is 0.476 e. The summed E-state index contributed by atoms with van der Waals surface area (Å²) in [7, 11) is 0. The van der Waals surface area contributed by atoms with Crippen LogP contribution in [0.2, 0.25) is 0 Å². The summed E-state index contributed by atoms with van der Waals surface area (Å²) in [5.41, 5.74) is 5.03. The van der Waals surface area contributed by atoms with E-state index < -0.39 is 24.3 Å². The second-order valence-electron chi connectivity index (χ2n) is 2.89. The van der Waals surface area contributed by atoms with E-state index in [2.05, 4.69) is 19.7 Å². The molecule has 8 nitrogen and oxygen atoms in total. The van der Waals surface area contributed by atoms with Crippen molar-refractivity contribution < 1.29 is 24.3 Å². The zero-order chi connectivity index (χ0) is 13.5. The van der Waals surface area contributed by atoms with Crippen LogP contribution < -0.4 is 5.73 Å². The Labute approximate surface area is 106 Å². The number of carbonyl (C=O) groups is 2. The second-order valence-corrected chi connectivity index (χ2v) is 3.78. The third-order valence-electron chi connectivity index (χ3n) is 1.61. The van der Waals surface area contributed by atoms with E-state index in [1.54, 1.807) is 6.92 Å². The van der Waals surface area contributed by atoms with Gasteiger partial charge in [0.05, 0.1) is 6.61 Å². The predicted octanol–water partition coefficient (Wildman–Crippen LogP) is 0.0937. The fourth-order valence-corrected chi connectivity index (χ4v) is 1.49. The highest BCUT2D eigenvalue weighted by Gasteiger charge is 2.17. The maximum absolute atomic E-state index is 10.9. The van der Waals surface area contributed by atoms with Crippen LogP contribution in [0.5, 0.6) is 0 Å². The molecule has 0 aromatic carbocycles. The maximum Gasteiger partial charge on any atom is 0.360 e. The summed E-state index contributed by atoms with van der Waals surface area (Å²) < 4.78 is 4.58. The highest BCUT2D eigenvalue weighted by Crippen LogP contribution is 2.12. The molecule has 0 aliphatic rings. The number of ether oxygens (including phenoxy) is 1. The second kappa shape index (κ2) is 6.55. The van der Waals surface area contributed by atoms with E-state index in [0.29, 0.717) is 0 Å². The van der Waals surface area contributed by atoms with E-state index >= 15 is 0 Å². The Kier molecular flexibility index (Phi) is 5.06. The SMILES string of the molecule is CCOC(=O)CO/N=C(/C(=O)O)c1csc(N)n1. The van der Waals surface area contributed by atoms with Gasteiger partial charge in [0.1, 0.15) is 5.69 Å². The summed E-state index contributed by atoms with van der Waals surface area (Å²) in [6, 6.07) is 0. The Bertz CT molecular complexity index is 471. The molecular weight excluding hydrogens is 262 g/mol. The van der Waals surface area contributed by atoms with E-state index in [4.69, 9.17) is 10.8 Å². The number of oxime groups is 1. The number of aromatic nitrogens is 1. The third kappa shape index (κ3) is 4.01. The Morgan fingerprint density at radius 3 is 2.83 bits per heavy atom. The predicted molar refractivity (Wildman–Crippen MR) is 63.3 cm³/mol. The molecule has 0 aliphatic heterocycles. The van der Waals surface area contributed by atoms with Crippen LogP contribution >= 0.6 is 11.3 Å². The van der Waals surface area contributed by atoms with Gasteiger partial charge in [0.25, 0.3) is 0 Å². The molecule has 3 N–H and O–H groups in total. The van der Waals surface area contributed by atoms with Crippen molar-refractivity contribution in [3.8, 4) is 0 Å². The minimum absolute atomic E-state index is 0.0776. The van der Waals surface area contributed by atoms with Gasteiger partial charge in [-0.25, -0.2) is 14.6 Å². The number of thiazole rings is 1. The zero-order valence-corrected chi connectivity index (χ0v) is 10.3. The van der Waals surface area contributed by atoms with E-state index in [1.165, 1.54) is 5.38 Å². The van der Waals surface area contributed by atoms with Crippen LogP contribution in [0.1, 0.15) is 12.6 Å². The minimum Gasteiger partial charge on any atom is -0.476 e. The lowest BCUT2D eigenvalue weighted by Gasteiger charge is -2.01. The maximum atomic E-state index is 10.9. The van der Waals surface area contributed by atoms with Crippen molar-refractivity contribution >= 4 is 34.1 Å². The molecule has 1 rings (SSSR count). The third-order valence-corrected chi connectivity index (χ3v) is 2.28. The fraction of sp³-hybridized carbons (Fsp3) is 0.333. The van der Waals surface area contributed by atoms with Gasteiger partial charge in [0.15, 0.2) is 5.13 Å². The normalized spacial score (nSPS) is 11.1. The van der Waals surface area contributed by atoms with Crippen molar-refractivity contribution in [2.24, 2.45) is 5.16 Å². The summed E-state index contributed by atoms with van der Waals surface area (Å²) in [5, 5.41) is 13.9. The van der Waals surface area contributed by atoms with Crippen LogP contribution in [-0.2, 0) is 19.2 Å². The summed E-state index contributed by atoms with van der Waals surface area (Å²) in [6.07, 6.45) is 0. The van der Waals surface area contributed by atoms with Crippen LogP contribution in [0, 0.1) is 0 Å². The first-order valence-corrected chi connectivity index (χ1v) is 5.72. The van der Waals surface area contributed by atoms with E-state index in [0.717, 1.165) is 11.3 Å². The van der Waals surface area contributed by atoms with Gasteiger partial charge in [0, 0.05) is 5.38 Å². The molecule has 18 heavy (non-hydrogen) atoms. The molecule has 0 atom stereocenters. The van der Waals surface area contributed by atoms with Gasteiger partial charge < -0.3 is 20.4 Å². The van der Waals surface area contributed by atoms with Gasteiger partial charge in [0.2, 0.25) is 12.3 Å². The summed E-state index contributed by atoms with van der Waals surface area (Å²) in [5.74, 6) is -1.96. The number of esters is 1. The smallest absolute Gasteiger partial charge is 0.360 e. The average molecular weight is 273 g/mol. The molecule has 1 aromatic rings. The lowest BCUT2D eigenvalue weighted by atomic mass is 10.3. The molecule has 0 saturated heterocycles. The molecule has 0 saturated carbocycles. The van der Waals surface area contributed by atoms with Crippen LogP contribution in [0.15, 0.2) is 10.5 Å². The van der Waals surface area contributed by atoms with Crippen LogP contribution in [0.3, 0.4) is 0 Å². The first-order valence-electron chi connectivity index (χ1n) is 4.84. The lowest BCUT2D eigenvalue weighted by molar-refractivity contribution is -0.148. The van der Waals surface area contributed by atoms with Crippen molar-refractivity contribution in [3.05, 3.63) is 11.1 Å². The van der Waals surface area contributed by atoms with Gasteiger partial charge >= 0.3 is 11.9 Å². The number of rotatable bonds is 6. The Morgan fingerprint density at radius 2 is 2.33 bits per heavy atom. The van der Waals surface area contributed by atoms with E-state index in [9.17, 15) is 9.59 Å². The number of carboxylic acid groups (broad SMARTS) is 1. The van der Waals surface area contributed by atoms with Crippen molar-refractivity contribution in [1.82, 2.24) is 4.98 Å². The number of anilines is 1. The van der Waals surface area contributed by atoms with Gasteiger partial charge in [-0.3, -0.25) is 0 Å². The molecule has 0 radical (unpaired) electrons. The molecular formula is C9H11N3O5S. The summed E-state index contributed by atoms with van der Waals surface area (Å²) >= 11 is 1.07. The Hall–Kier alpha value is -2.16. The van der Waals surface area contributed by atoms with E-state index in [1.807, 2.05) is 0 Å². The molecule has 9 heteroatoms. The number of nitrogens with zero attached hydrogens (tertiary/aromatic N) is 2. The number of hydrogen-bond donors (Lipinski definition) is 2. The number of nitrogen functional groups attached to an aromatic ring is 1. The van der Waals surface area contributed by atoms with Gasteiger partial charge in [-0.2, -0.15) is 0 Å². The minimum atomic E-state index is -1.33. The van der Waals surface area contributed by atoms with Crippen LogP contribution in [-0.4, -0.2) is 41.0 Å². The number of hydrogen-bond acceptors (Lipinski definition) is 8. The van der Waals surface area contributed by atoms with Gasteiger partial charge in [-0.1, -0.05) is 5.16 Å². The first kappa shape index (κ1) is 13.9. The molecule has 0 amide bonds. The standard InChI is InChI=1S/C9H11N3O5S/c1-2-16-6(13)3-17-12-7(8(14)15)5-4-18-9(10)11-5/h4H,2-3H2,1H3,(H2,10,11)(H,14,15)/b12-7+. The molecule has 0 unspecified atom stereocenters. The van der Waals surface area contributed by atoms with Crippen molar-refractivity contribution in [2.45, 2.75) is 6.92 Å². The molecule has 0 aliphatic carbocycles. The van der Waals surface area contributed by atoms with Crippen LogP contribution in [0.4, 0.5) is 5.13 Å². The highest BCUT2D eigenvalue weighted by molar-refractivity contribution is 7.13. The number of carboxylic acids is 1. The van der Waals surface area contributed by atoms with Crippen molar-refractivity contribution in [3.63, 3.8) is 0 Å². The summed E-state index contributed by atoms with van der Waals surface area (Å²) in [4.78, 5) is 30.2. The molecule has 98 valence electrons. The monoisotopic (exact) mass is 273 g/mol. The van der Waals surface area contributed by atoms with Crippen LogP contribution in [0.25, 0.3) is 0 Å². The fourth-order valence-electron chi connectivity index (χ4n) is 0.944. The van der Waals surface area contributed by atoms with Gasteiger partial charge in [-0.05, 0) is 6.92 Å². The lowest BCUT2D eigenvalue weighted by Crippen LogP contribution is -2.17. The van der Waals surface area contributed by atoms with E-state index in [-0.39, 0.29) is 17.4 Å². The molecule has 0 bridgehead atoms. The van der Waals surface area contributed by atoms with Crippen molar-refractivity contribution in [1.29, 1.82) is 0 Å². The Balaban J connectivity index is 2.68. The molecule has 0 spiro atoms. The quantitative estimate of drug-likeness (QED) is 0.427. The molecule has 0 fully saturated rings. The number of aliphatic carboxylic acids is 1. The number of carbonyl (C=O) groups excluding carboxylic acids is 1. The van der Waals surface area contributed by atoms with Crippen molar-refractivity contribution in [2.75, 3.05) is 18.9 Å². The first-order chi connectivity index (χ1) is 8.54. The highest BCUT2D eigenvalue weighted by atomic mass is 32.1. The topological polar surface area (TPSA) is 124 Å². The van der Waals surface area contributed by atoms with Gasteiger partial charge in [-0.15, -0.1) is 11.3 Å². The summed E-state index contributed by atoms with van der Waals surface area (Å²) in [6.45, 7) is 1.38.